The molecular formula is C34H58N5O7P. The molecule has 2 aliphatic heterocycles. The molecule has 0 saturated carbocycles. The Morgan fingerprint density at radius 3 is 2.09 bits per heavy atom. The van der Waals surface area contributed by atoms with Gasteiger partial charge in [0.2, 0.25) is 17.7 Å². The number of fused-ring (bicyclic) bond motifs is 2. The first-order valence-electron chi connectivity index (χ1n) is 16.6. The van der Waals surface area contributed by atoms with Crippen molar-refractivity contribution in [2.75, 3.05) is 53.7 Å². The molecule has 13 heteroatoms. The van der Waals surface area contributed by atoms with Crippen LogP contribution in [0.3, 0.4) is 0 Å². The fourth-order valence-electron chi connectivity index (χ4n) is 4.75. The van der Waals surface area contributed by atoms with E-state index in [1.165, 1.54) is 38.0 Å². The summed E-state index contributed by atoms with van der Waals surface area (Å²) in [5.41, 5.74) is 3.09. The van der Waals surface area contributed by atoms with Crippen molar-refractivity contribution in [3.63, 3.8) is 0 Å². The van der Waals surface area contributed by atoms with Crippen LogP contribution in [0.2, 0.25) is 0 Å². The minimum Gasteiger partial charge on any atom is -0.417 e. The van der Waals surface area contributed by atoms with Crippen molar-refractivity contribution < 1.29 is 32.8 Å². The molecule has 2 aliphatic rings. The van der Waals surface area contributed by atoms with Gasteiger partial charge in [0, 0.05) is 38.0 Å². The van der Waals surface area contributed by atoms with E-state index in [2.05, 4.69) is 56.3 Å². The summed E-state index contributed by atoms with van der Waals surface area (Å²) in [6.07, 6.45) is 11.0. The zero-order valence-corrected chi connectivity index (χ0v) is 30.5. The largest absolute Gasteiger partial charge is 0.417 e. The number of piperidine rings is 1. The van der Waals surface area contributed by atoms with Gasteiger partial charge in [-0.1, -0.05) is 71.2 Å². The number of nitrogens with zero attached hydrogens (tertiary/aromatic N) is 2. The number of para-hydroxylation sites is 1. The molecule has 1 unspecified atom stereocenters. The number of aromatic nitrogens is 1. The summed E-state index contributed by atoms with van der Waals surface area (Å²) >= 11 is 0. The van der Waals surface area contributed by atoms with Gasteiger partial charge >= 0.3 is 7.60 Å². The normalized spacial score (nSPS) is 17.0. The van der Waals surface area contributed by atoms with E-state index in [1.807, 2.05) is 29.3 Å². The first-order chi connectivity index (χ1) is 22.5. The van der Waals surface area contributed by atoms with Crippen molar-refractivity contribution in [2.24, 2.45) is 0 Å². The summed E-state index contributed by atoms with van der Waals surface area (Å²) in [5.74, 6) is -0.789. The molecule has 1 atom stereocenters. The smallest absolute Gasteiger partial charge is 0.330 e. The van der Waals surface area contributed by atoms with Gasteiger partial charge in [-0.2, -0.15) is 4.73 Å². The van der Waals surface area contributed by atoms with Gasteiger partial charge in [0.1, 0.15) is 13.2 Å². The Bertz CT molecular complexity index is 1250. The van der Waals surface area contributed by atoms with Crippen LogP contribution in [0.4, 0.5) is 0 Å². The van der Waals surface area contributed by atoms with E-state index < -0.39 is 7.60 Å². The zero-order chi connectivity index (χ0) is 35.2. The maximum absolute atomic E-state index is 12.2. The van der Waals surface area contributed by atoms with Crippen LogP contribution in [0.25, 0.3) is 10.9 Å². The highest BCUT2D eigenvalue weighted by molar-refractivity contribution is 7.53. The van der Waals surface area contributed by atoms with Crippen LogP contribution in [0.5, 0.6) is 0 Å². The molecule has 4 rings (SSSR count). The van der Waals surface area contributed by atoms with Gasteiger partial charge in [-0.15, -0.1) is 0 Å². The number of unbranched alkanes of at least 4 members (excludes halogenated alkanes) is 3. The molecule has 0 bridgehead atoms. The van der Waals surface area contributed by atoms with Crippen molar-refractivity contribution in [2.45, 2.75) is 85.1 Å². The Labute approximate surface area is 281 Å². The quantitative estimate of drug-likeness (QED) is 0.256. The van der Waals surface area contributed by atoms with Gasteiger partial charge < -0.3 is 34.7 Å². The third-order valence-corrected chi connectivity index (χ3v) is 9.71. The molecule has 3 heterocycles. The lowest BCUT2D eigenvalue weighted by atomic mass is 10.0. The lowest BCUT2D eigenvalue weighted by Gasteiger charge is -2.37. The molecule has 266 valence electrons. The summed E-state index contributed by atoms with van der Waals surface area (Å²) in [7, 11) is 1.82. The van der Waals surface area contributed by atoms with Gasteiger partial charge in [0.05, 0.1) is 31.3 Å². The predicted molar refractivity (Wildman–Crippen MR) is 188 cm³/mol. The first-order valence-corrected chi connectivity index (χ1v) is 18.3. The molecule has 0 aliphatic carbocycles. The highest BCUT2D eigenvalue weighted by Crippen LogP contribution is 2.47. The second-order valence-corrected chi connectivity index (χ2v) is 13.7. The summed E-state index contributed by atoms with van der Waals surface area (Å²) in [6.45, 7) is 13.3. The minimum absolute atomic E-state index is 0.0919. The van der Waals surface area contributed by atoms with Gasteiger partial charge in [-0.25, -0.2) is 0 Å². The molecule has 2 fully saturated rings. The van der Waals surface area contributed by atoms with E-state index in [0.717, 1.165) is 56.3 Å². The zero-order valence-electron chi connectivity index (χ0n) is 29.6. The van der Waals surface area contributed by atoms with E-state index in [-0.39, 0.29) is 36.9 Å². The fourth-order valence-corrected chi connectivity index (χ4v) is 5.88. The summed E-state index contributed by atoms with van der Waals surface area (Å²) in [4.78, 5) is 42.3. The maximum Gasteiger partial charge on any atom is 0.330 e. The van der Waals surface area contributed by atoms with E-state index in [1.54, 1.807) is 11.8 Å². The van der Waals surface area contributed by atoms with Crippen LogP contribution in [-0.2, 0) is 28.0 Å². The Kier molecular flexibility index (Phi) is 20.5. The maximum atomic E-state index is 12.2. The molecule has 3 amide bonds. The number of aryl methyl sites for hydroxylation is 1. The third kappa shape index (κ3) is 15.0. The Morgan fingerprint density at radius 1 is 0.872 bits per heavy atom. The summed E-state index contributed by atoms with van der Waals surface area (Å²) < 4.78 is 22.7. The van der Waals surface area contributed by atoms with Gasteiger partial charge in [-0.3, -0.25) is 18.9 Å². The number of nitrogens with one attached hydrogen (secondary N) is 3. The molecule has 0 spiro atoms. The SMILES string of the molecule is C=C1CNC(=O)CNC(=O)CNC(=O)C2CCCCN12.CCCC.CCCCCP(=O)(OC)OC.COn1cc(C)c2ccccc21. The van der Waals surface area contributed by atoms with Crippen LogP contribution in [0.1, 0.15) is 77.7 Å². The predicted octanol–water partition coefficient (Wildman–Crippen LogP) is 5.19. The van der Waals surface area contributed by atoms with E-state index >= 15 is 0 Å². The lowest BCUT2D eigenvalue weighted by molar-refractivity contribution is -0.130. The molecule has 1 aromatic carbocycles. The number of carbonyl (C=O) groups excluding carboxylic acids is 3. The number of benzene rings is 1. The summed E-state index contributed by atoms with van der Waals surface area (Å²) in [6, 6.07) is 7.89. The molecular weight excluding hydrogens is 621 g/mol. The van der Waals surface area contributed by atoms with Crippen molar-refractivity contribution in [1.29, 1.82) is 0 Å². The second-order valence-electron chi connectivity index (χ2n) is 11.3. The van der Waals surface area contributed by atoms with Crippen LogP contribution in [0.15, 0.2) is 42.7 Å². The number of hydrogen-bond acceptors (Lipinski definition) is 8. The molecule has 3 N–H and O–H groups in total. The molecule has 1 aromatic heterocycles. The fraction of sp³-hybridized carbons (Fsp3) is 0.618. The minimum atomic E-state index is -2.71. The summed E-state index contributed by atoms with van der Waals surface area (Å²) in [5, 5.41) is 9.01. The number of amides is 3. The van der Waals surface area contributed by atoms with Gasteiger partial charge in [0.15, 0.2) is 0 Å². The standard InChI is InChI=1S/C13H20N4O3.C10H11NO.C7H17O3P.C4H10/c1-9-6-14-11(18)7-15-12(19)8-16-13(20)10-4-2-3-5-17(9)10;1-8-7-11(12-2)10-6-4-3-5-9(8)10;1-4-5-6-7-11(8,9-2)10-3;1-3-4-2/h10H,1-8H2,(H,14,18)(H,15,19)(H,16,20);3-7H,1-2H3;4-7H2,1-3H3;3-4H2,1-2H3. The van der Waals surface area contributed by atoms with Crippen molar-refractivity contribution in [1.82, 2.24) is 25.6 Å². The molecule has 12 nitrogen and oxygen atoms in total. The number of carbonyl (C=O) groups is 3. The average Bonchev–Trinajstić information content (AvgIpc) is 3.44. The van der Waals surface area contributed by atoms with Crippen molar-refractivity contribution in [3.05, 3.63) is 48.3 Å². The highest BCUT2D eigenvalue weighted by Gasteiger charge is 2.30. The monoisotopic (exact) mass is 679 g/mol. The van der Waals surface area contributed by atoms with Crippen LogP contribution in [0, 0.1) is 6.92 Å². The lowest BCUT2D eigenvalue weighted by Crippen LogP contribution is -2.53. The van der Waals surface area contributed by atoms with E-state index in [0.29, 0.717) is 12.7 Å². The van der Waals surface area contributed by atoms with Crippen molar-refractivity contribution >= 4 is 36.2 Å². The first kappa shape index (κ1) is 41.7. The number of hydrogen-bond donors (Lipinski definition) is 3. The Hall–Kier alpha value is -3.34. The van der Waals surface area contributed by atoms with E-state index in [4.69, 9.17) is 13.9 Å². The number of rotatable bonds is 8. The van der Waals surface area contributed by atoms with E-state index in [9.17, 15) is 18.9 Å². The second kappa shape index (κ2) is 23.1. The van der Waals surface area contributed by atoms with Crippen LogP contribution < -0.4 is 20.8 Å². The van der Waals surface area contributed by atoms with Crippen LogP contribution >= 0.6 is 7.60 Å². The average molecular weight is 680 g/mol. The Morgan fingerprint density at radius 2 is 1.49 bits per heavy atom. The molecule has 0 radical (unpaired) electrons. The van der Waals surface area contributed by atoms with Crippen molar-refractivity contribution in [3.8, 4) is 0 Å². The molecule has 47 heavy (non-hydrogen) atoms. The molecule has 2 aromatic rings. The van der Waals surface area contributed by atoms with Crippen LogP contribution in [-0.4, -0.2) is 87.1 Å². The third-order valence-electron chi connectivity index (χ3n) is 7.74. The highest BCUT2D eigenvalue weighted by atomic mass is 31.2. The molecule has 2 saturated heterocycles. The van der Waals surface area contributed by atoms with Gasteiger partial charge in [-0.05, 0) is 44.2 Å². The van der Waals surface area contributed by atoms with Gasteiger partial charge in [0.25, 0.3) is 0 Å². The Balaban J connectivity index is 0.000000352. The topological polar surface area (TPSA) is 140 Å².